The minimum Gasteiger partial charge on any atom is -0.486 e. The first-order chi connectivity index (χ1) is 10.3. The predicted molar refractivity (Wildman–Crippen MR) is 78.8 cm³/mol. The maximum atomic E-state index is 10.3. The van der Waals surface area contributed by atoms with Crippen LogP contribution in [0.15, 0.2) is 18.2 Å². The van der Waals surface area contributed by atoms with Crippen molar-refractivity contribution in [3.8, 4) is 11.5 Å². The van der Waals surface area contributed by atoms with E-state index in [0.717, 1.165) is 36.3 Å². The molecule has 1 aliphatic carbocycles. The number of methoxy groups -OCH3 is 1. The van der Waals surface area contributed by atoms with Crippen molar-refractivity contribution < 1.29 is 19.3 Å². The van der Waals surface area contributed by atoms with Gasteiger partial charge in [-0.05, 0) is 37.0 Å². The number of nitrogens with one attached hydrogen (secondary N) is 1. The average molecular weight is 293 g/mol. The molecule has 1 heterocycles. The van der Waals surface area contributed by atoms with Gasteiger partial charge in [-0.25, -0.2) is 0 Å². The van der Waals surface area contributed by atoms with E-state index >= 15 is 0 Å². The third-order valence-corrected chi connectivity index (χ3v) is 4.27. The smallest absolute Gasteiger partial charge is 0.161 e. The highest BCUT2D eigenvalue weighted by Gasteiger charge is 2.24. The fourth-order valence-corrected chi connectivity index (χ4v) is 3.00. The maximum Gasteiger partial charge on any atom is 0.161 e. The summed E-state index contributed by atoms with van der Waals surface area (Å²) in [6.45, 7) is 1.69. The van der Waals surface area contributed by atoms with E-state index in [4.69, 9.17) is 14.2 Å². The van der Waals surface area contributed by atoms with Crippen molar-refractivity contribution in [1.29, 1.82) is 0 Å². The van der Waals surface area contributed by atoms with Crippen LogP contribution in [0.25, 0.3) is 0 Å². The summed E-state index contributed by atoms with van der Waals surface area (Å²) in [7, 11) is 1.76. The van der Waals surface area contributed by atoms with E-state index in [1.54, 1.807) is 7.11 Å². The van der Waals surface area contributed by atoms with Gasteiger partial charge in [-0.2, -0.15) is 0 Å². The highest BCUT2D eigenvalue weighted by atomic mass is 16.6. The van der Waals surface area contributed by atoms with Gasteiger partial charge in [-0.3, -0.25) is 0 Å². The fraction of sp³-hybridized carbons (Fsp3) is 0.625. The Bertz CT molecular complexity index is 479. The zero-order valence-electron chi connectivity index (χ0n) is 12.4. The van der Waals surface area contributed by atoms with Gasteiger partial charge in [0.2, 0.25) is 0 Å². The summed E-state index contributed by atoms with van der Waals surface area (Å²) in [5, 5.41) is 13.7. The second-order valence-electron chi connectivity index (χ2n) is 5.69. The van der Waals surface area contributed by atoms with Gasteiger partial charge in [-0.15, -0.1) is 0 Å². The van der Waals surface area contributed by atoms with Crippen LogP contribution in [-0.2, 0) is 4.74 Å². The van der Waals surface area contributed by atoms with Crippen molar-refractivity contribution in [2.45, 2.75) is 37.5 Å². The molecule has 0 spiro atoms. The molecule has 3 atom stereocenters. The Hall–Kier alpha value is -1.30. The van der Waals surface area contributed by atoms with Crippen LogP contribution in [0.2, 0.25) is 0 Å². The summed E-state index contributed by atoms with van der Waals surface area (Å²) in [6.07, 6.45) is 3.03. The predicted octanol–water partition coefficient (Wildman–Crippen LogP) is 1.65. The van der Waals surface area contributed by atoms with E-state index in [2.05, 4.69) is 5.32 Å². The third-order valence-electron chi connectivity index (χ3n) is 4.27. The Labute approximate surface area is 125 Å². The molecular weight excluding hydrogens is 270 g/mol. The molecule has 1 saturated carbocycles. The average Bonchev–Trinajstić information content (AvgIpc) is 3.00. The van der Waals surface area contributed by atoms with Crippen molar-refractivity contribution >= 4 is 0 Å². The first-order valence-electron chi connectivity index (χ1n) is 7.60. The first-order valence-corrected chi connectivity index (χ1v) is 7.60. The van der Waals surface area contributed by atoms with Gasteiger partial charge in [0.25, 0.3) is 0 Å². The van der Waals surface area contributed by atoms with Crippen LogP contribution < -0.4 is 14.8 Å². The van der Waals surface area contributed by atoms with E-state index in [-0.39, 0.29) is 0 Å². The molecule has 1 fully saturated rings. The number of hydrogen-bond donors (Lipinski definition) is 2. The number of benzene rings is 1. The first kappa shape index (κ1) is 14.6. The summed E-state index contributed by atoms with van der Waals surface area (Å²) in [5.41, 5.74) is 0.855. The number of ether oxygens (including phenoxy) is 3. The van der Waals surface area contributed by atoms with E-state index in [0.29, 0.717) is 31.9 Å². The second-order valence-corrected chi connectivity index (χ2v) is 5.69. The molecule has 2 aliphatic rings. The Morgan fingerprint density at radius 1 is 1.29 bits per heavy atom. The molecular formula is C16H23NO4. The van der Waals surface area contributed by atoms with Crippen molar-refractivity contribution in [2.24, 2.45) is 0 Å². The van der Waals surface area contributed by atoms with Gasteiger partial charge in [0.05, 0.1) is 12.2 Å². The Balaban J connectivity index is 1.54. The standard InChI is InChI=1S/C16H23NO4/c1-19-13-4-3-12(9-13)17-10-14(18)11-2-5-15-16(8-11)21-7-6-20-15/h2,5,8,12-14,17-18H,3-4,6-7,9-10H2,1H3. The van der Waals surface area contributed by atoms with Crippen molar-refractivity contribution in [3.63, 3.8) is 0 Å². The molecule has 0 radical (unpaired) electrons. The molecule has 21 heavy (non-hydrogen) atoms. The second kappa shape index (κ2) is 6.64. The zero-order chi connectivity index (χ0) is 14.7. The minimum atomic E-state index is -0.539. The van der Waals surface area contributed by atoms with Crippen molar-refractivity contribution in [1.82, 2.24) is 5.32 Å². The largest absolute Gasteiger partial charge is 0.486 e. The van der Waals surface area contributed by atoms with Crippen molar-refractivity contribution in [3.05, 3.63) is 23.8 Å². The molecule has 1 aliphatic heterocycles. The Morgan fingerprint density at radius 2 is 2.10 bits per heavy atom. The molecule has 1 aromatic rings. The van der Waals surface area contributed by atoms with E-state index in [1.807, 2.05) is 18.2 Å². The molecule has 3 unspecified atom stereocenters. The monoisotopic (exact) mass is 293 g/mol. The van der Waals surface area contributed by atoms with Crippen LogP contribution in [0.1, 0.15) is 30.9 Å². The molecule has 0 bridgehead atoms. The zero-order valence-corrected chi connectivity index (χ0v) is 12.4. The van der Waals surface area contributed by atoms with Gasteiger partial charge in [0.1, 0.15) is 13.2 Å². The summed E-state index contributed by atoms with van der Waals surface area (Å²) >= 11 is 0. The highest BCUT2D eigenvalue weighted by molar-refractivity contribution is 5.44. The molecule has 2 N–H and O–H groups in total. The summed E-state index contributed by atoms with van der Waals surface area (Å²) < 4.78 is 16.4. The molecule has 5 heteroatoms. The SMILES string of the molecule is COC1CCC(NCC(O)c2ccc3c(c2)OCCO3)C1. The van der Waals surface area contributed by atoms with E-state index in [1.165, 1.54) is 0 Å². The van der Waals surface area contributed by atoms with Crippen LogP contribution in [0.3, 0.4) is 0 Å². The van der Waals surface area contributed by atoms with Crippen molar-refractivity contribution in [2.75, 3.05) is 26.9 Å². The summed E-state index contributed by atoms with van der Waals surface area (Å²) in [6, 6.07) is 6.06. The number of aliphatic hydroxyl groups is 1. The lowest BCUT2D eigenvalue weighted by atomic mass is 10.1. The molecule has 5 nitrogen and oxygen atoms in total. The normalized spacial score (nSPS) is 25.8. The molecule has 0 aromatic heterocycles. The lowest BCUT2D eigenvalue weighted by Crippen LogP contribution is -2.31. The molecule has 3 rings (SSSR count). The van der Waals surface area contributed by atoms with Crippen LogP contribution in [0.5, 0.6) is 11.5 Å². The van der Waals surface area contributed by atoms with Crippen LogP contribution in [-0.4, -0.2) is 44.1 Å². The Kier molecular flexibility index (Phi) is 4.63. The van der Waals surface area contributed by atoms with Gasteiger partial charge in [-0.1, -0.05) is 6.07 Å². The maximum absolute atomic E-state index is 10.3. The van der Waals surface area contributed by atoms with Gasteiger partial charge in [0, 0.05) is 19.7 Å². The molecule has 0 amide bonds. The summed E-state index contributed by atoms with van der Waals surface area (Å²) in [4.78, 5) is 0. The molecule has 1 aromatic carbocycles. The van der Waals surface area contributed by atoms with Crippen LogP contribution in [0, 0.1) is 0 Å². The van der Waals surface area contributed by atoms with Gasteiger partial charge < -0.3 is 24.6 Å². The number of hydrogen-bond acceptors (Lipinski definition) is 5. The molecule has 0 saturated heterocycles. The lowest BCUT2D eigenvalue weighted by Gasteiger charge is -2.21. The van der Waals surface area contributed by atoms with E-state index < -0.39 is 6.10 Å². The highest BCUT2D eigenvalue weighted by Crippen LogP contribution is 2.32. The van der Waals surface area contributed by atoms with Crippen LogP contribution in [0.4, 0.5) is 0 Å². The minimum absolute atomic E-state index is 0.355. The van der Waals surface area contributed by atoms with Gasteiger partial charge in [0.15, 0.2) is 11.5 Å². The Morgan fingerprint density at radius 3 is 2.86 bits per heavy atom. The topological polar surface area (TPSA) is 60.0 Å². The number of aliphatic hydroxyl groups excluding tert-OH is 1. The quantitative estimate of drug-likeness (QED) is 0.864. The lowest BCUT2D eigenvalue weighted by molar-refractivity contribution is 0.105. The number of rotatable bonds is 5. The van der Waals surface area contributed by atoms with E-state index in [9.17, 15) is 5.11 Å². The van der Waals surface area contributed by atoms with Crippen LogP contribution >= 0.6 is 0 Å². The fourth-order valence-electron chi connectivity index (χ4n) is 3.00. The number of fused-ring (bicyclic) bond motifs is 1. The van der Waals surface area contributed by atoms with Gasteiger partial charge >= 0.3 is 0 Å². The molecule has 116 valence electrons. The summed E-state index contributed by atoms with van der Waals surface area (Å²) in [5.74, 6) is 1.47. The third kappa shape index (κ3) is 3.48.